The number of piperazine rings is 1. The summed E-state index contributed by atoms with van der Waals surface area (Å²) >= 11 is 0. The second-order valence-electron chi connectivity index (χ2n) is 7.43. The number of quaternary nitrogens is 2. The van der Waals surface area contributed by atoms with Crippen molar-refractivity contribution >= 4 is 0 Å². The van der Waals surface area contributed by atoms with E-state index in [9.17, 15) is 0 Å². The van der Waals surface area contributed by atoms with E-state index in [0.29, 0.717) is 6.54 Å². The van der Waals surface area contributed by atoms with Crippen LogP contribution in [0.3, 0.4) is 0 Å². The second-order valence-corrected chi connectivity index (χ2v) is 7.43. The molecule has 0 bridgehead atoms. The van der Waals surface area contributed by atoms with Crippen LogP contribution in [0.1, 0.15) is 23.2 Å². The van der Waals surface area contributed by atoms with Crippen LogP contribution in [0, 0.1) is 0 Å². The van der Waals surface area contributed by atoms with Gasteiger partial charge in [-0.3, -0.25) is 0 Å². The van der Waals surface area contributed by atoms with Crippen LogP contribution in [-0.2, 0) is 6.54 Å². The van der Waals surface area contributed by atoms with E-state index in [0.717, 1.165) is 54.8 Å². The topological polar surface area (TPSA) is 84.1 Å². The zero-order valence-electron chi connectivity index (χ0n) is 17.1. The van der Waals surface area contributed by atoms with Crippen molar-refractivity contribution in [3.05, 3.63) is 53.7 Å². The first-order valence-electron chi connectivity index (χ1n) is 9.86. The Kier molecular flexibility index (Phi) is 5.77. The van der Waals surface area contributed by atoms with Gasteiger partial charge in [0.05, 0.1) is 33.1 Å². The zero-order valence-corrected chi connectivity index (χ0v) is 17.1. The maximum Gasteiger partial charge on any atom is 0.214 e. The number of hydrogen-bond acceptors (Lipinski definition) is 6. The maximum absolute atomic E-state index is 5.71. The number of methoxy groups -OCH3 is 2. The molecular weight excluding hydrogens is 372 g/mol. The molecule has 0 radical (unpaired) electrons. The van der Waals surface area contributed by atoms with E-state index >= 15 is 0 Å². The number of nitrogens with zero attached hydrogens (tertiary/aromatic N) is 4. The average Bonchev–Trinajstić information content (AvgIpc) is 3.42. The second kappa shape index (κ2) is 8.62. The molecule has 4 rings (SSSR count). The summed E-state index contributed by atoms with van der Waals surface area (Å²) in [6, 6.07) is 9.62. The molecule has 2 aromatic heterocycles. The molecule has 1 saturated heterocycles. The number of likely N-dealkylation sites (N-methyl/N-ethyl adjacent to an activating group) is 1. The number of aromatic nitrogens is 4. The van der Waals surface area contributed by atoms with Gasteiger partial charge in [0.15, 0.2) is 6.04 Å². The Hall–Kier alpha value is -2.91. The van der Waals surface area contributed by atoms with Crippen LogP contribution < -0.4 is 19.3 Å². The normalized spacial score (nSPS) is 20.4. The van der Waals surface area contributed by atoms with Crippen LogP contribution in [-0.4, -0.2) is 67.7 Å². The third-order valence-electron chi connectivity index (χ3n) is 5.61. The van der Waals surface area contributed by atoms with E-state index in [1.807, 2.05) is 35.0 Å². The van der Waals surface area contributed by atoms with E-state index in [1.165, 1.54) is 4.90 Å². The number of benzene rings is 1. The molecule has 9 heteroatoms. The van der Waals surface area contributed by atoms with E-state index < -0.39 is 0 Å². The van der Waals surface area contributed by atoms with Gasteiger partial charge in [-0.1, -0.05) is 0 Å². The van der Waals surface area contributed by atoms with Gasteiger partial charge in [-0.25, -0.2) is 4.68 Å². The molecule has 154 valence electrons. The molecule has 3 heterocycles. The molecule has 0 unspecified atom stereocenters. The largest absolute Gasteiger partial charge is 0.497 e. The van der Waals surface area contributed by atoms with Crippen molar-refractivity contribution in [3.63, 3.8) is 0 Å². The molecule has 1 aliphatic rings. The van der Waals surface area contributed by atoms with Gasteiger partial charge in [0.1, 0.15) is 50.0 Å². The van der Waals surface area contributed by atoms with Crippen LogP contribution in [0.15, 0.2) is 41.0 Å². The average molecular weight is 400 g/mol. The molecule has 1 aliphatic heterocycles. The first-order chi connectivity index (χ1) is 14.2. The molecule has 0 saturated carbocycles. The molecule has 0 amide bonds. The summed E-state index contributed by atoms with van der Waals surface area (Å²) in [5.41, 5.74) is 1.02. The highest BCUT2D eigenvalue weighted by Crippen LogP contribution is 2.31. The summed E-state index contributed by atoms with van der Waals surface area (Å²) in [6.07, 6.45) is 1.66. The Morgan fingerprint density at radius 1 is 1.14 bits per heavy atom. The van der Waals surface area contributed by atoms with Crippen molar-refractivity contribution < 1.29 is 23.7 Å². The maximum atomic E-state index is 5.71. The molecule has 1 atom stereocenters. The first-order valence-corrected chi connectivity index (χ1v) is 9.86. The highest BCUT2D eigenvalue weighted by atomic mass is 16.5. The van der Waals surface area contributed by atoms with Gasteiger partial charge in [0.2, 0.25) is 5.82 Å². The molecule has 0 aliphatic carbocycles. The van der Waals surface area contributed by atoms with Gasteiger partial charge in [-0.2, -0.15) is 0 Å². The monoisotopic (exact) mass is 400 g/mol. The molecule has 1 fully saturated rings. The lowest BCUT2D eigenvalue weighted by atomic mass is 10.0. The molecule has 9 nitrogen and oxygen atoms in total. The van der Waals surface area contributed by atoms with Gasteiger partial charge >= 0.3 is 0 Å². The Bertz CT molecular complexity index is 918. The fourth-order valence-electron chi connectivity index (χ4n) is 3.97. The SMILES string of the molecule is COc1ccc(OC)c([C@@H](c2nnnn2Cc2ccco2)[NH+]2CC[NH+](C)CC2)c1. The van der Waals surface area contributed by atoms with Gasteiger partial charge in [-0.05, 0) is 40.8 Å². The standard InChI is InChI=1S/C20H26N6O3/c1-24-8-10-25(11-9-24)19(17-13-15(27-2)6-7-18(17)28-3)20-21-22-23-26(20)14-16-5-4-12-29-16/h4-7,12-13,19H,8-11,14H2,1-3H3/p+2/t19-/m0/s1. The minimum Gasteiger partial charge on any atom is -0.497 e. The van der Waals surface area contributed by atoms with Crippen molar-refractivity contribution in [2.24, 2.45) is 0 Å². The van der Waals surface area contributed by atoms with Crippen LogP contribution in [0.2, 0.25) is 0 Å². The highest BCUT2D eigenvalue weighted by molar-refractivity contribution is 5.43. The van der Waals surface area contributed by atoms with Crippen LogP contribution in [0.4, 0.5) is 0 Å². The van der Waals surface area contributed by atoms with Crippen molar-refractivity contribution in [1.29, 1.82) is 0 Å². The van der Waals surface area contributed by atoms with Crippen LogP contribution in [0.5, 0.6) is 11.5 Å². The fourth-order valence-corrected chi connectivity index (χ4v) is 3.97. The third-order valence-corrected chi connectivity index (χ3v) is 5.61. The third kappa shape index (κ3) is 4.10. The quantitative estimate of drug-likeness (QED) is 0.520. The summed E-state index contributed by atoms with van der Waals surface area (Å²) in [4.78, 5) is 2.96. The molecule has 1 aromatic carbocycles. The Labute approximate surface area is 169 Å². The van der Waals surface area contributed by atoms with Gasteiger partial charge in [0.25, 0.3) is 0 Å². The van der Waals surface area contributed by atoms with E-state index in [1.54, 1.807) is 25.4 Å². The summed E-state index contributed by atoms with van der Waals surface area (Å²) in [5, 5.41) is 12.7. The lowest BCUT2D eigenvalue weighted by molar-refractivity contribution is -1.02. The lowest BCUT2D eigenvalue weighted by Crippen LogP contribution is -3.27. The predicted octanol–water partition coefficient (Wildman–Crippen LogP) is -1.17. The number of furan rings is 1. The lowest BCUT2D eigenvalue weighted by Gasteiger charge is -2.33. The minimum atomic E-state index is -0.0712. The number of rotatable bonds is 7. The molecule has 2 N–H and O–H groups in total. The highest BCUT2D eigenvalue weighted by Gasteiger charge is 2.37. The van der Waals surface area contributed by atoms with E-state index in [-0.39, 0.29) is 6.04 Å². The van der Waals surface area contributed by atoms with E-state index in [4.69, 9.17) is 13.9 Å². The Balaban J connectivity index is 1.77. The van der Waals surface area contributed by atoms with Gasteiger partial charge in [-0.15, -0.1) is 5.10 Å². The van der Waals surface area contributed by atoms with E-state index in [2.05, 4.69) is 22.6 Å². The van der Waals surface area contributed by atoms with Gasteiger partial charge < -0.3 is 23.7 Å². The summed E-state index contributed by atoms with van der Waals surface area (Å²) in [6.45, 7) is 4.71. The number of nitrogens with one attached hydrogen (secondary N) is 2. The predicted molar refractivity (Wildman–Crippen MR) is 104 cm³/mol. The summed E-state index contributed by atoms with van der Waals surface area (Å²) in [7, 11) is 5.60. The van der Waals surface area contributed by atoms with Crippen LogP contribution in [0.25, 0.3) is 0 Å². The molecule has 3 aromatic rings. The fraction of sp³-hybridized carbons (Fsp3) is 0.450. The smallest absolute Gasteiger partial charge is 0.214 e. The van der Waals surface area contributed by atoms with Gasteiger partial charge in [0, 0.05) is 0 Å². The summed E-state index contributed by atoms with van der Waals surface area (Å²) < 4.78 is 18.5. The molecule has 29 heavy (non-hydrogen) atoms. The number of tetrazole rings is 1. The summed E-state index contributed by atoms with van der Waals surface area (Å²) in [5.74, 6) is 3.20. The molecule has 0 spiro atoms. The van der Waals surface area contributed by atoms with Crippen molar-refractivity contribution in [3.8, 4) is 11.5 Å². The Morgan fingerprint density at radius 2 is 1.97 bits per heavy atom. The van der Waals surface area contributed by atoms with Crippen molar-refractivity contribution in [1.82, 2.24) is 20.2 Å². The molecular formula is C20H28N6O3+2. The van der Waals surface area contributed by atoms with Crippen molar-refractivity contribution in [2.45, 2.75) is 12.6 Å². The van der Waals surface area contributed by atoms with Crippen LogP contribution >= 0.6 is 0 Å². The Morgan fingerprint density at radius 3 is 2.66 bits per heavy atom. The van der Waals surface area contributed by atoms with Crippen molar-refractivity contribution in [2.75, 3.05) is 47.4 Å². The number of ether oxygens (including phenoxy) is 2. The minimum absolute atomic E-state index is 0.0712. The zero-order chi connectivity index (χ0) is 20.2. The number of hydrogen-bond donors (Lipinski definition) is 2. The first kappa shape index (κ1) is 19.4.